The highest BCUT2D eigenvalue weighted by atomic mass is 16.5. The summed E-state index contributed by atoms with van der Waals surface area (Å²) in [5, 5.41) is 3.32. The van der Waals surface area contributed by atoms with E-state index in [9.17, 15) is 9.59 Å². The molecule has 1 spiro atoms. The van der Waals surface area contributed by atoms with E-state index >= 15 is 0 Å². The molecule has 5 nitrogen and oxygen atoms in total. The van der Waals surface area contributed by atoms with E-state index in [-0.39, 0.29) is 11.9 Å². The van der Waals surface area contributed by atoms with Gasteiger partial charge in [0, 0.05) is 6.54 Å². The van der Waals surface area contributed by atoms with Crippen LogP contribution in [0.15, 0.2) is 0 Å². The first-order chi connectivity index (χ1) is 8.10. The normalized spacial score (nSPS) is 30.7. The minimum atomic E-state index is -0.480. The largest absolute Gasteiger partial charge is 0.467 e. The van der Waals surface area contributed by atoms with Crippen LogP contribution in [0.3, 0.4) is 0 Å². The predicted octanol–water partition coefficient (Wildman–Crippen LogP) is 0.293. The van der Waals surface area contributed by atoms with E-state index in [1.54, 1.807) is 11.8 Å². The number of nitrogens with one attached hydrogen (secondary N) is 1. The summed E-state index contributed by atoms with van der Waals surface area (Å²) in [7, 11) is 1.36. The summed E-state index contributed by atoms with van der Waals surface area (Å²) in [5.41, 5.74) is -0.402. The molecule has 2 heterocycles. The molecule has 2 unspecified atom stereocenters. The molecule has 17 heavy (non-hydrogen) atoms. The smallest absolute Gasteiger partial charge is 0.328 e. The molecule has 2 aliphatic heterocycles. The number of amides is 1. The molecular formula is C12H20N2O3. The van der Waals surface area contributed by atoms with Crippen molar-refractivity contribution in [1.29, 1.82) is 0 Å². The Hall–Kier alpha value is -1.10. The third kappa shape index (κ3) is 2.04. The summed E-state index contributed by atoms with van der Waals surface area (Å²) in [6.07, 6.45) is 3.75. The van der Waals surface area contributed by atoms with Crippen molar-refractivity contribution < 1.29 is 14.3 Å². The summed E-state index contributed by atoms with van der Waals surface area (Å²) in [6.45, 7) is 3.28. The van der Waals surface area contributed by atoms with Gasteiger partial charge in [0.2, 0.25) is 5.91 Å². The Bertz CT molecular complexity index is 324. The zero-order chi connectivity index (χ0) is 12.5. The SMILES string of the molecule is COC(=O)C(C)N1CCCC2(CCCN2)C1=O. The van der Waals surface area contributed by atoms with Gasteiger partial charge in [-0.25, -0.2) is 4.79 Å². The molecule has 96 valence electrons. The van der Waals surface area contributed by atoms with E-state index in [2.05, 4.69) is 5.32 Å². The van der Waals surface area contributed by atoms with Crippen LogP contribution in [0.25, 0.3) is 0 Å². The van der Waals surface area contributed by atoms with Crippen LogP contribution in [0.2, 0.25) is 0 Å². The number of methoxy groups -OCH3 is 1. The van der Waals surface area contributed by atoms with Crippen LogP contribution >= 0.6 is 0 Å². The van der Waals surface area contributed by atoms with Gasteiger partial charge >= 0.3 is 5.97 Å². The molecule has 2 aliphatic rings. The van der Waals surface area contributed by atoms with Gasteiger partial charge in [-0.2, -0.15) is 0 Å². The maximum absolute atomic E-state index is 12.5. The molecule has 0 aromatic heterocycles. The third-order valence-corrected chi connectivity index (χ3v) is 3.93. The number of piperidine rings is 1. The van der Waals surface area contributed by atoms with Crippen molar-refractivity contribution in [3.05, 3.63) is 0 Å². The Morgan fingerprint density at radius 2 is 2.18 bits per heavy atom. The van der Waals surface area contributed by atoms with Crippen LogP contribution in [0, 0.1) is 0 Å². The average Bonchev–Trinajstić information content (AvgIpc) is 2.80. The molecule has 5 heteroatoms. The quantitative estimate of drug-likeness (QED) is 0.705. The lowest BCUT2D eigenvalue weighted by molar-refractivity contribution is -0.156. The summed E-state index contributed by atoms with van der Waals surface area (Å²) in [4.78, 5) is 25.7. The molecule has 2 fully saturated rings. The van der Waals surface area contributed by atoms with Crippen molar-refractivity contribution in [3.8, 4) is 0 Å². The number of likely N-dealkylation sites (tertiary alicyclic amines) is 1. The number of ether oxygens (including phenoxy) is 1. The number of rotatable bonds is 2. The Labute approximate surface area is 101 Å². The van der Waals surface area contributed by atoms with Gasteiger partial charge in [0.1, 0.15) is 6.04 Å². The highest BCUT2D eigenvalue weighted by Crippen LogP contribution is 2.31. The van der Waals surface area contributed by atoms with Crippen LogP contribution in [0.1, 0.15) is 32.6 Å². The first kappa shape index (κ1) is 12.4. The second-order valence-electron chi connectivity index (χ2n) is 4.91. The van der Waals surface area contributed by atoms with Gasteiger partial charge in [0.15, 0.2) is 0 Å². The van der Waals surface area contributed by atoms with Crippen molar-refractivity contribution in [1.82, 2.24) is 10.2 Å². The summed E-state index contributed by atoms with van der Waals surface area (Å²) >= 11 is 0. The van der Waals surface area contributed by atoms with Crippen LogP contribution in [0.5, 0.6) is 0 Å². The lowest BCUT2D eigenvalue weighted by Gasteiger charge is -2.41. The monoisotopic (exact) mass is 240 g/mol. The molecule has 2 rings (SSSR count). The summed E-state index contributed by atoms with van der Waals surface area (Å²) in [5.74, 6) is -0.271. The van der Waals surface area contributed by atoms with E-state index in [1.807, 2.05) is 0 Å². The van der Waals surface area contributed by atoms with E-state index in [1.165, 1.54) is 7.11 Å². The second-order valence-corrected chi connectivity index (χ2v) is 4.91. The lowest BCUT2D eigenvalue weighted by atomic mass is 9.86. The summed E-state index contributed by atoms with van der Waals surface area (Å²) < 4.78 is 4.71. The number of nitrogens with zero attached hydrogens (tertiary/aromatic N) is 1. The highest BCUT2D eigenvalue weighted by molar-refractivity contribution is 5.91. The van der Waals surface area contributed by atoms with E-state index in [0.29, 0.717) is 6.54 Å². The van der Waals surface area contributed by atoms with Crippen molar-refractivity contribution in [2.75, 3.05) is 20.2 Å². The Balaban J connectivity index is 2.13. The van der Waals surface area contributed by atoms with Gasteiger partial charge in [-0.1, -0.05) is 0 Å². The molecule has 0 aromatic carbocycles. The third-order valence-electron chi connectivity index (χ3n) is 3.93. The van der Waals surface area contributed by atoms with Gasteiger partial charge in [-0.15, -0.1) is 0 Å². The fourth-order valence-electron chi connectivity index (χ4n) is 2.90. The topological polar surface area (TPSA) is 58.6 Å². The maximum Gasteiger partial charge on any atom is 0.328 e. The molecule has 2 atom stereocenters. The van der Waals surface area contributed by atoms with Crippen molar-refractivity contribution in [2.24, 2.45) is 0 Å². The molecule has 0 aromatic rings. The van der Waals surface area contributed by atoms with Crippen LogP contribution in [-0.2, 0) is 14.3 Å². The molecule has 2 saturated heterocycles. The van der Waals surface area contributed by atoms with Crippen molar-refractivity contribution in [2.45, 2.75) is 44.2 Å². The minimum absolute atomic E-state index is 0.0687. The van der Waals surface area contributed by atoms with Crippen LogP contribution in [0.4, 0.5) is 0 Å². The van der Waals surface area contributed by atoms with Crippen LogP contribution < -0.4 is 5.32 Å². The fourth-order valence-corrected chi connectivity index (χ4v) is 2.90. The molecule has 1 amide bonds. The molecule has 0 aliphatic carbocycles. The number of hydrogen-bond donors (Lipinski definition) is 1. The lowest BCUT2D eigenvalue weighted by Crippen LogP contribution is -2.61. The molecule has 0 saturated carbocycles. The Kier molecular flexibility index (Phi) is 3.38. The Morgan fingerprint density at radius 1 is 1.47 bits per heavy atom. The average molecular weight is 240 g/mol. The van der Waals surface area contributed by atoms with Gasteiger partial charge in [-0.3, -0.25) is 4.79 Å². The maximum atomic E-state index is 12.5. The number of carbonyl (C=O) groups is 2. The molecule has 1 N–H and O–H groups in total. The summed E-state index contributed by atoms with van der Waals surface area (Å²) in [6, 6.07) is -0.480. The second kappa shape index (κ2) is 4.64. The first-order valence-electron chi connectivity index (χ1n) is 6.25. The van der Waals surface area contributed by atoms with E-state index in [4.69, 9.17) is 4.74 Å². The molecule has 0 bridgehead atoms. The van der Waals surface area contributed by atoms with Crippen molar-refractivity contribution in [3.63, 3.8) is 0 Å². The van der Waals surface area contributed by atoms with E-state index in [0.717, 1.165) is 32.2 Å². The fraction of sp³-hybridized carbons (Fsp3) is 0.833. The minimum Gasteiger partial charge on any atom is -0.467 e. The predicted molar refractivity (Wildman–Crippen MR) is 62.4 cm³/mol. The zero-order valence-electron chi connectivity index (χ0n) is 10.5. The standard InChI is InChI=1S/C12H20N2O3/c1-9(10(15)17-2)14-8-4-6-12(11(14)16)5-3-7-13-12/h9,13H,3-8H2,1-2H3. The number of esters is 1. The first-order valence-corrected chi connectivity index (χ1v) is 6.25. The van der Waals surface area contributed by atoms with Crippen LogP contribution in [-0.4, -0.2) is 48.6 Å². The molecular weight excluding hydrogens is 220 g/mol. The highest BCUT2D eigenvalue weighted by Gasteiger charge is 2.47. The van der Waals surface area contributed by atoms with Crippen molar-refractivity contribution >= 4 is 11.9 Å². The van der Waals surface area contributed by atoms with Gasteiger partial charge < -0.3 is 15.0 Å². The van der Waals surface area contributed by atoms with Gasteiger partial charge in [0.25, 0.3) is 0 Å². The van der Waals surface area contributed by atoms with Gasteiger partial charge in [-0.05, 0) is 39.2 Å². The zero-order valence-corrected chi connectivity index (χ0v) is 10.5. The van der Waals surface area contributed by atoms with E-state index < -0.39 is 11.6 Å². The number of hydrogen-bond acceptors (Lipinski definition) is 4. The van der Waals surface area contributed by atoms with Gasteiger partial charge in [0.05, 0.1) is 12.6 Å². The Morgan fingerprint density at radius 3 is 2.76 bits per heavy atom. The number of carbonyl (C=O) groups excluding carboxylic acids is 2. The molecule has 0 radical (unpaired) electrons.